The normalized spacial score (nSPS) is 14.9. The molecule has 4 nitrogen and oxygen atoms in total. The first-order valence-corrected chi connectivity index (χ1v) is 6.57. The predicted octanol–water partition coefficient (Wildman–Crippen LogP) is 2.44. The third-order valence-electron chi connectivity index (χ3n) is 3.02. The molecule has 0 radical (unpaired) electrons. The largest absolute Gasteiger partial charge is 0.320 e. The van der Waals surface area contributed by atoms with E-state index < -0.39 is 0 Å². The molecule has 0 aliphatic rings. The zero-order valence-corrected chi connectivity index (χ0v) is 11.5. The van der Waals surface area contributed by atoms with Crippen LogP contribution in [0.1, 0.15) is 31.0 Å². The molecule has 92 valence electrons. The number of aryl methyl sites for hydroxylation is 2. The van der Waals surface area contributed by atoms with E-state index in [1.54, 1.807) is 11.3 Å². The molecule has 0 aliphatic heterocycles. The molecule has 2 aromatic rings. The Bertz CT molecular complexity index is 524. The van der Waals surface area contributed by atoms with E-state index in [1.165, 1.54) is 0 Å². The van der Waals surface area contributed by atoms with Gasteiger partial charge in [-0.2, -0.15) is 5.10 Å². The Labute approximate surface area is 105 Å². The Morgan fingerprint density at radius 1 is 1.53 bits per heavy atom. The zero-order valence-electron chi connectivity index (χ0n) is 10.7. The van der Waals surface area contributed by atoms with Crippen molar-refractivity contribution in [2.24, 2.45) is 12.8 Å². The summed E-state index contributed by atoms with van der Waals surface area (Å²) in [6.45, 7) is 6.10. The van der Waals surface area contributed by atoms with E-state index in [4.69, 9.17) is 5.73 Å². The molecule has 0 fully saturated rings. The van der Waals surface area contributed by atoms with E-state index in [2.05, 4.69) is 22.4 Å². The Hall–Kier alpha value is -1.20. The summed E-state index contributed by atoms with van der Waals surface area (Å²) in [5, 5.41) is 7.37. The monoisotopic (exact) mass is 250 g/mol. The van der Waals surface area contributed by atoms with Crippen molar-refractivity contribution >= 4 is 11.3 Å². The summed E-state index contributed by atoms with van der Waals surface area (Å²) in [7, 11) is 1.92. The summed E-state index contributed by atoms with van der Waals surface area (Å²) in [5.74, 6) is 0. The van der Waals surface area contributed by atoms with Crippen LogP contribution >= 0.6 is 11.3 Å². The lowest BCUT2D eigenvalue weighted by Crippen LogP contribution is -2.31. The van der Waals surface area contributed by atoms with Gasteiger partial charge in [-0.15, -0.1) is 11.3 Å². The average Bonchev–Trinajstić information content (AvgIpc) is 2.85. The van der Waals surface area contributed by atoms with Crippen LogP contribution in [0.25, 0.3) is 11.3 Å². The maximum absolute atomic E-state index is 6.20. The molecule has 0 aliphatic carbocycles. The minimum Gasteiger partial charge on any atom is -0.320 e. The molecule has 2 heterocycles. The van der Waals surface area contributed by atoms with Crippen LogP contribution in [0.2, 0.25) is 0 Å². The van der Waals surface area contributed by atoms with E-state index in [0.717, 1.165) is 28.4 Å². The Morgan fingerprint density at radius 2 is 2.24 bits per heavy atom. The number of nitrogens with two attached hydrogens (primary N) is 1. The smallest absolute Gasteiger partial charge is 0.113 e. The standard InChI is InChI=1S/C12H18N4S/c1-5-12(3,13)11-14-10(7-17-11)9-6-16(4)15-8(9)2/h6-7H,5,13H2,1-4H3. The number of thiazole rings is 1. The molecule has 1 unspecified atom stereocenters. The molecule has 0 spiro atoms. The van der Waals surface area contributed by atoms with Gasteiger partial charge in [-0.05, 0) is 20.3 Å². The van der Waals surface area contributed by atoms with Crippen LogP contribution in [-0.4, -0.2) is 14.8 Å². The lowest BCUT2D eigenvalue weighted by molar-refractivity contribution is 0.474. The van der Waals surface area contributed by atoms with Crippen LogP contribution in [0.4, 0.5) is 0 Å². The number of rotatable bonds is 3. The van der Waals surface area contributed by atoms with Crippen LogP contribution in [0.5, 0.6) is 0 Å². The first-order chi connectivity index (χ1) is 7.94. The van der Waals surface area contributed by atoms with Gasteiger partial charge in [0.2, 0.25) is 0 Å². The van der Waals surface area contributed by atoms with E-state index in [9.17, 15) is 0 Å². The van der Waals surface area contributed by atoms with E-state index >= 15 is 0 Å². The SMILES string of the molecule is CCC(C)(N)c1nc(-c2cn(C)nc2C)cs1. The fourth-order valence-corrected chi connectivity index (χ4v) is 2.63. The lowest BCUT2D eigenvalue weighted by atomic mass is 10.0. The number of hydrogen-bond acceptors (Lipinski definition) is 4. The third-order valence-corrected chi connectivity index (χ3v) is 4.14. The van der Waals surface area contributed by atoms with Gasteiger partial charge in [0.25, 0.3) is 0 Å². The van der Waals surface area contributed by atoms with Crippen LogP contribution in [0.15, 0.2) is 11.6 Å². The fourth-order valence-electron chi connectivity index (χ4n) is 1.66. The highest BCUT2D eigenvalue weighted by atomic mass is 32.1. The van der Waals surface area contributed by atoms with Crippen molar-refractivity contribution in [3.63, 3.8) is 0 Å². The van der Waals surface area contributed by atoms with Gasteiger partial charge in [-0.3, -0.25) is 4.68 Å². The van der Waals surface area contributed by atoms with Gasteiger partial charge >= 0.3 is 0 Å². The average molecular weight is 250 g/mol. The van der Waals surface area contributed by atoms with Crippen LogP contribution in [0.3, 0.4) is 0 Å². The molecule has 0 saturated heterocycles. The molecular weight excluding hydrogens is 232 g/mol. The van der Waals surface area contributed by atoms with E-state index in [1.807, 2.05) is 31.8 Å². The molecule has 17 heavy (non-hydrogen) atoms. The Morgan fingerprint density at radius 3 is 2.76 bits per heavy atom. The summed E-state index contributed by atoms with van der Waals surface area (Å²) in [5.41, 5.74) is 8.92. The van der Waals surface area contributed by atoms with Crippen molar-refractivity contribution < 1.29 is 0 Å². The summed E-state index contributed by atoms with van der Waals surface area (Å²) >= 11 is 1.62. The summed E-state index contributed by atoms with van der Waals surface area (Å²) in [6, 6.07) is 0. The zero-order chi connectivity index (χ0) is 12.6. The van der Waals surface area contributed by atoms with Crippen molar-refractivity contribution in [2.45, 2.75) is 32.7 Å². The molecule has 1 atom stereocenters. The molecule has 0 saturated carbocycles. The summed E-state index contributed by atoms with van der Waals surface area (Å²) in [4.78, 5) is 4.64. The summed E-state index contributed by atoms with van der Waals surface area (Å²) < 4.78 is 1.81. The minimum atomic E-state index is -0.334. The first-order valence-electron chi connectivity index (χ1n) is 5.69. The van der Waals surface area contributed by atoms with E-state index in [-0.39, 0.29) is 5.54 Å². The Kier molecular flexibility index (Phi) is 3.05. The lowest BCUT2D eigenvalue weighted by Gasteiger charge is -2.18. The molecule has 5 heteroatoms. The van der Waals surface area contributed by atoms with Gasteiger partial charge < -0.3 is 5.73 Å². The van der Waals surface area contributed by atoms with Crippen molar-refractivity contribution in [1.29, 1.82) is 0 Å². The second-order valence-electron chi connectivity index (χ2n) is 4.61. The molecule has 2 aromatic heterocycles. The van der Waals surface area contributed by atoms with Crippen molar-refractivity contribution in [2.75, 3.05) is 0 Å². The van der Waals surface area contributed by atoms with Crippen LogP contribution < -0.4 is 5.73 Å². The van der Waals surface area contributed by atoms with Gasteiger partial charge in [0.05, 0.1) is 16.9 Å². The topological polar surface area (TPSA) is 56.7 Å². The van der Waals surface area contributed by atoms with Gasteiger partial charge in [0, 0.05) is 24.2 Å². The maximum atomic E-state index is 6.20. The molecular formula is C12H18N4S. The van der Waals surface area contributed by atoms with Crippen molar-refractivity contribution in [3.05, 3.63) is 22.3 Å². The van der Waals surface area contributed by atoms with Gasteiger partial charge in [-0.25, -0.2) is 4.98 Å². The fraction of sp³-hybridized carbons (Fsp3) is 0.500. The van der Waals surface area contributed by atoms with E-state index in [0.29, 0.717) is 0 Å². The minimum absolute atomic E-state index is 0.334. The predicted molar refractivity (Wildman–Crippen MR) is 70.9 cm³/mol. The van der Waals surface area contributed by atoms with Crippen molar-refractivity contribution in [1.82, 2.24) is 14.8 Å². The van der Waals surface area contributed by atoms with Crippen LogP contribution in [-0.2, 0) is 12.6 Å². The van der Waals surface area contributed by atoms with Gasteiger partial charge in [-0.1, -0.05) is 6.92 Å². The highest BCUT2D eigenvalue weighted by Gasteiger charge is 2.23. The third kappa shape index (κ3) is 2.25. The second-order valence-corrected chi connectivity index (χ2v) is 5.47. The van der Waals surface area contributed by atoms with Crippen molar-refractivity contribution in [3.8, 4) is 11.3 Å². The second kappa shape index (κ2) is 4.23. The van der Waals surface area contributed by atoms with Gasteiger partial charge in [0.1, 0.15) is 5.01 Å². The highest BCUT2D eigenvalue weighted by Crippen LogP contribution is 2.30. The summed E-state index contributed by atoms with van der Waals surface area (Å²) in [6.07, 6.45) is 2.87. The van der Waals surface area contributed by atoms with Crippen LogP contribution in [0, 0.1) is 6.92 Å². The van der Waals surface area contributed by atoms with Gasteiger partial charge in [0.15, 0.2) is 0 Å². The molecule has 2 rings (SSSR count). The Balaban J connectivity index is 2.40. The quantitative estimate of drug-likeness (QED) is 0.910. The number of nitrogens with zero attached hydrogens (tertiary/aromatic N) is 3. The number of hydrogen-bond donors (Lipinski definition) is 1. The molecule has 0 bridgehead atoms. The molecule has 2 N–H and O–H groups in total. The molecule has 0 amide bonds. The first kappa shape index (κ1) is 12.3. The highest BCUT2D eigenvalue weighted by molar-refractivity contribution is 7.10. The number of aromatic nitrogens is 3. The molecule has 0 aromatic carbocycles. The maximum Gasteiger partial charge on any atom is 0.113 e.